The maximum Gasteiger partial charge on any atom is 0.119 e. The highest BCUT2D eigenvalue weighted by Gasteiger charge is 2.27. The van der Waals surface area contributed by atoms with E-state index in [1.807, 2.05) is 6.07 Å². The lowest BCUT2D eigenvalue weighted by molar-refractivity contribution is 0.101. The molecule has 17 heavy (non-hydrogen) atoms. The smallest absolute Gasteiger partial charge is 0.119 e. The SMILES string of the molecule is CC(C)CCc1cccc(OC2CC(N)C2)c1. The lowest BCUT2D eigenvalue weighted by Crippen LogP contribution is -2.43. The van der Waals surface area contributed by atoms with Gasteiger partial charge in [0.15, 0.2) is 0 Å². The molecule has 1 aliphatic rings. The normalized spacial score (nSPS) is 23.5. The van der Waals surface area contributed by atoms with Crippen molar-refractivity contribution in [3.05, 3.63) is 29.8 Å². The molecule has 2 rings (SSSR count). The molecule has 0 bridgehead atoms. The highest BCUT2D eigenvalue weighted by Crippen LogP contribution is 2.25. The van der Waals surface area contributed by atoms with E-state index in [1.165, 1.54) is 12.0 Å². The van der Waals surface area contributed by atoms with Crippen LogP contribution in [-0.2, 0) is 6.42 Å². The molecule has 94 valence electrons. The summed E-state index contributed by atoms with van der Waals surface area (Å²) in [5.74, 6) is 1.76. The van der Waals surface area contributed by atoms with Crippen molar-refractivity contribution in [2.75, 3.05) is 0 Å². The molecule has 1 saturated carbocycles. The van der Waals surface area contributed by atoms with E-state index in [0.717, 1.165) is 30.9 Å². The van der Waals surface area contributed by atoms with Gasteiger partial charge in [-0.1, -0.05) is 26.0 Å². The number of rotatable bonds is 5. The predicted octanol–water partition coefficient (Wildman–Crippen LogP) is 3.14. The Morgan fingerprint density at radius 2 is 2.12 bits per heavy atom. The maximum absolute atomic E-state index is 5.89. The molecule has 1 aromatic carbocycles. The molecule has 0 aliphatic heterocycles. The van der Waals surface area contributed by atoms with Gasteiger partial charge in [-0.05, 0) is 49.3 Å². The third-order valence-corrected chi connectivity index (χ3v) is 3.34. The summed E-state index contributed by atoms with van der Waals surface area (Å²) in [6.07, 6.45) is 4.70. The van der Waals surface area contributed by atoms with Gasteiger partial charge in [0, 0.05) is 6.04 Å². The van der Waals surface area contributed by atoms with E-state index >= 15 is 0 Å². The molecule has 0 unspecified atom stereocenters. The van der Waals surface area contributed by atoms with Crippen LogP contribution in [0.25, 0.3) is 0 Å². The first kappa shape index (κ1) is 12.4. The Labute approximate surface area is 104 Å². The van der Waals surface area contributed by atoms with Crippen LogP contribution in [-0.4, -0.2) is 12.1 Å². The summed E-state index contributed by atoms with van der Waals surface area (Å²) in [6, 6.07) is 8.84. The van der Waals surface area contributed by atoms with Crippen molar-refractivity contribution in [2.45, 2.75) is 51.7 Å². The summed E-state index contributed by atoms with van der Waals surface area (Å²) >= 11 is 0. The number of hydrogen-bond acceptors (Lipinski definition) is 2. The predicted molar refractivity (Wildman–Crippen MR) is 71.2 cm³/mol. The molecule has 0 atom stereocenters. The topological polar surface area (TPSA) is 35.2 Å². The van der Waals surface area contributed by atoms with Crippen molar-refractivity contribution >= 4 is 0 Å². The molecule has 1 aromatic rings. The van der Waals surface area contributed by atoms with Crippen LogP contribution in [0.4, 0.5) is 0 Å². The number of benzene rings is 1. The summed E-state index contributed by atoms with van der Waals surface area (Å²) in [6.45, 7) is 4.52. The van der Waals surface area contributed by atoms with Crippen LogP contribution in [0, 0.1) is 5.92 Å². The first-order valence-electron chi connectivity index (χ1n) is 6.64. The Morgan fingerprint density at radius 3 is 2.76 bits per heavy atom. The molecular weight excluding hydrogens is 210 g/mol. The zero-order valence-electron chi connectivity index (χ0n) is 10.9. The fraction of sp³-hybridized carbons (Fsp3) is 0.600. The zero-order valence-corrected chi connectivity index (χ0v) is 10.9. The lowest BCUT2D eigenvalue weighted by Gasteiger charge is -2.32. The van der Waals surface area contributed by atoms with Gasteiger partial charge in [0.05, 0.1) is 0 Å². The van der Waals surface area contributed by atoms with Crippen molar-refractivity contribution in [1.82, 2.24) is 0 Å². The second kappa shape index (κ2) is 5.54. The van der Waals surface area contributed by atoms with Crippen molar-refractivity contribution in [3.63, 3.8) is 0 Å². The number of aryl methyl sites for hydroxylation is 1. The largest absolute Gasteiger partial charge is 0.490 e. The van der Waals surface area contributed by atoms with E-state index in [-0.39, 0.29) is 0 Å². The molecule has 1 fully saturated rings. The van der Waals surface area contributed by atoms with Gasteiger partial charge >= 0.3 is 0 Å². The number of ether oxygens (including phenoxy) is 1. The van der Waals surface area contributed by atoms with Gasteiger partial charge < -0.3 is 10.5 Å². The Bertz CT molecular complexity index is 356. The van der Waals surface area contributed by atoms with Crippen LogP contribution >= 0.6 is 0 Å². The zero-order chi connectivity index (χ0) is 12.3. The Hall–Kier alpha value is -1.02. The second-order valence-corrected chi connectivity index (χ2v) is 5.55. The van der Waals surface area contributed by atoms with Crippen molar-refractivity contribution in [1.29, 1.82) is 0 Å². The van der Waals surface area contributed by atoms with Gasteiger partial charge in [0.25, 0.3) is 0 Å². The molecule has 0 aromatic heterocycles. The molecule has 1 aliphatic carbocycles. The third-order valence-electron chi connectivity index (χ3n) is 3.34. The molecule has 0 saturated heterocycles. The van der Waals surface area contributed by atoms with Crippen molar-refractivity contribution in [3.8, 4) is 5.75 Å². The van der Waals surface area contributed by atoms with Crippen molar-refractivity contribution in [2.24, 2.45) is 11.7 Å². The summed E-state index contributed by atoms with van der Waals surface area (Å²) in [7, 11) is 0. The standard InChI is InChI=1S/C15H23NO/c1-11(2)6-7-12-4-3-5-14(8-12)17-15-9-13(16)10-15/h3-5,8,11,13,15H,6-7,9-10,16H2,1-2H3. The minimum atomic E-state index is 0.338. The molecule has 2 heteroatoms. The lowest BCUT2D eigenvalue weighted by atomic mass is 9.90. The highest BCUT2D eigenvalue weighted by molar-refractivity contribution is 5.29. The fourth-order valence-electron chi connectivity index (χ4n) is 2.12. The molecule has 0 radical (unpaired) electrons. The number of hydrogen-bond donors (Lipinski definition) is 1. The van der Waals surface area contributed by atoms with Crippen LogP contribution in [0.2, 0.25) is 0 Å². The van der Waals surface area contributed by atoms with Gasteiger partial charge in [0.2, 0.25) is 0 Å². The Morgan fingerprint density at radius 1 is 1.35 bits per heavy atom. The Balaban J connectivity index is 1.87. The van der Waals surface area contributed by atoms with Gasteiger partial charge in [-0.3, -0.25) is 0 Å². The minimum Gasteiger partial charge on any atom is -0.490 e. The summed E-state index contributed by atoms with van der Waals surface area (Å²) < 4.78 is 5.89. The van der Waals surface area contributed by atoms with E-state index in [4.69, 9.17) is 10.5 Å². The first-order chi connectivity index (χ1) is 8.13. The van der Waals surface area contributed by atoms with E-state index in [0.29, 0.717) is 12.1 Å². The monoisotopic (exact) mass is 233 g/mol. The summed E-state index contributed by atoms with van der Waals surface area (Å²) in [5, 5.41) is 0. The summed E-state index contributed by atoms with van der Waals surface area (Å²) in [4.78, 5) is 0. The second-order valence-electron chi connectivity index (χ2n) is 5.55. The van der Waals surface area contributed by atoms with Crippen molar-refractivity contribution < 1.29 is 4.74 Å². The molecule has 2 nitrogen and oxygen atoms in total. The van der Waals surface area contributed by atoms with Gasteiger partial charge in [0.1, 0.15) is 11.9 Å². The fourth-order valence-corrected chi connectivity index (χ4v) is 2.12. The Kier molecular flexibility index (Phi) is 4.06. The molecular formula is C15H23NO. The van der Waals surface area contributed by atoms with E-state index in [9.17, 15) is 0 Å². The molecule has 0 heterocycles. The van der Waals surface area contributed by atoms with Crippen LogP contribution in [0.3, 0.4) is 0 Å². The van der Waals surface area contributed by atoms with E-state index < -0.39 is 0 Å². The number of nitrogens with two attached hydrogens (primary N) is 1. The average molecular weight is 233 g/mol. The maximum atomic E-state index is 5.89. The quantitative estimate of drug-likeness (QED) is 0.848. The summed E-state index contributed by atoms with van der Waals surface area (Å²) in [5.41, 5.74) is 7.13. The van der Waals surface area contributed by atoms with Gasteiger partial charge in [-0.25, -0.2) is 0 Å². The van der Waals surface area contributed by atoms with Crippen LogP contribution < -0.4 is 10.5 Å². The third kappa shape index (κ3) is 3.74. The van der Waals surface area contributed by atoms with Crippen LogP contribution in [0.1, 0.15) is 38.7 Å². The molecule has 0 amide bonds. The molecule has 2 N–H and O–H groups in total. The molecule has 0 spiro atoms. The van der Waals surface area contributed by atoms with Crippen LogP contribution in [0.15, 0.2) is 24.3 Å². The first-order valence-corrected chi connectivity index (χ1v) is 6.64. The minimum absolute atomic E-state index is 0.338. The van der Waals surface area contributed by atoms with E-state index in [1.54, 1.807) is 0 Å². The highest BCUT2D eigenvalue weighted by atomic mass is 16.5. The van der Waals surface area contributed by atoms with Gasteiger partial charge in [-0.2, -0.15) is 0 Å². The van der Waals surface area contributed by atoms with Gasteiger partial charge in [-0.15, -0.1) is 0 Å². The average Bonchev–Trinajstić information content (AvgIpc) is 2.25. The van der Waals surface area contributed by atoms with Crippen LogP contribution in [0.5, 0.6) is 5.75 Å². The van der Waals surface area contributed by atoms with E-state index in [2.05, 4.69) is 32.0 Å².